The summed E-state index contributed by atoms with van der Waals surface area (Å²) < 4.78 is 5.17. The molecule has 2 atom stereocenters. The van der Waals surface area contributed by atoms with Crippen molar-refractivity contribution in [3.63, 3.8) is 0 Å². The Bertz CT molecular complexity index is 657. The van der Waals surface area contributed by atoms with Gasteiger partial charge in [-0.3, -0.25) is 19.3 Å². The number of hydrogen-bond acceptors (Lipinski definition) is 4. The molecule has 0 radical (unpaired) electrons. The lowest BCUT2D eigenvalue weighted by molar-refractivity contribution is -0.146. The Morgan fingerprint density at radius 2 is 1.67 bits per heavy atom. The van der Waals surface area contributed by atoms with E-state index in [4.69, 9.17) is 16.3 Å². The van der Waals surface area contributed by atoms with Crippen LogP contribution in [0, 0.1) is 11.8 Å². The van der Waals surface area contributed by atoms with Crippen LogP contribution in [0.25, 0.3) is 0 Å². The monoisotopic (exact) mass is 347 g/mol. The van der Waals surface area contributed by atoms with Gasteiger partial charge in [-0.05, 0) is 30.5 Å². The first-order valence-electron chi connectivity index (χ1n) is 7.96. The minimum atomic E-state index is -0.432. The fourth-order valence-electron chi connectivity index (χ4n) is 3.11. The van der Waals surface area contributed by atoms with Crippen molar-refractivity contribution in [2.45, 2.75) is 25.9 Å². The summed E-state index contributed by atoms with van der Waals surface area (Å²) in [6, 6.07) is 7.01. The molecule has 1 saturated heterocycles. The van der Waals surface area contributed by atoms with Gasteiger partial charge in [-0.1, -0.05) is 35.9 Å². The van der Waals surface area contributed by atoms with Gasteiger partial charge in [0.05, 0.1) is 18.3 Å². The van der Waals surface area contributed by atoms with Crippen LogP contribution in [0.15, 0.2) is 36.4 Å². The number of rotatable bonds is 5. The Balaban J connectivity index is 1.48. The van der Waals surface area contributed by atoms with Gasteiger partial charge in [-0.25, -0.2) is 0 Å². The summed E-state index contributed by atoms with van der Waals surface area (Å²) in [4.78, 5) is 37.6. The molecule has 3 rings (SSSR count). The molecule has 126 valence electrons. The molecule has 1 aromatic carbocycles. The average molecular weight is 348 g/mol. The van der Waals surface area contributed by atoms with E-state index in [1.165, 1.54) is 4.90 Å². The predicted molar refractivity (Wildman–Crippen MR) is 87.9 cm³/mol. The van der Waals surface area contributed by atoms with Gasteiger partial charge in [-0.2, -0.15) is 0 Å². The number of nitrogens with zero attached hydrogens (tertiary/aromatic N) is 1. The fourth-order valence-corrected chi connectivity index (χ4v) is 3.24. The van der Waals surface area contributed by atoms with Crippen LogP contribution in [0.4, 0.5) is 0 Å². The summed E-state index contributed by atoms with van der Waals surface area (Å²) in [7, 11) is 0. The maximum absolute atomic E-state index is 12.3. The molecule has 1 aliphatic carbocycles. The third-order valence-electron chi connectivity index (χ3n) is 4.45. The largest absolute Gasteiger partial charge is 0.461 e. The van der Waals surface area contributed by atoms with Crippen LogP contribution in [0.1, 0.15) is 24.8 Å². The zero-order chi connectivity index (χ0) is 17.1. The molecule has 1 heterocycles. The second kappa shape index (κ2) is 7.18. The number of carbonyl (C=O) groups excluding carboxylic acids is 3. The molecule has 5 nitrogen and oxygen atoms in total. The van der Waals surface area contributed by atoms with Crippen LogP contribution < -0.4 is 0 Å². The first-order chi connectivity index (χ1) is 11.6. The van der Waals surface area contributed by atoms with Gasteiger partial charge in [0.25, 0.3) is 0 Å². The molecule has 6 heteroatoms. The van der Waals surface area contributed by atoms with Gasteiger partial charge < -0.3 is 4.74 Å². The number of hydrogen-bond donors (Lipinski definition) is 0. The van der Waals surface area contributed by atoms with Crippen LogP contribution in [0.5, 0.6) is 0 Å². The Morgan fingerprint density at radius 1 is 1.08 bits per heavy atom. The molecular formula is C18H18ClNO4. The van der Waals surface area contributed by atoms with Gasteiger partial charge in [-0.15, -0.1) is 0 Å². The third-order valence-corrected chi connectivity index (χ3v) is 4.70. The van der Waals surface area contributed by atoms with Crippen molar-refractivity contribution in [1.29, 1.82) is 0 Å². The van der Waals surface area contributed by atoms with Crippen molar-refractivity contribution in [1.82, 2.24) is 4.90 Å². The predicted octanol–water partition coefficient (Wildman–Crippen LogP) is 2.72. The number of ether oxygens (including phenoxy) is 1. The van der Waals surface area contributed by atoms with E-state index in [1.807, 2.05) is 12.2 Å². The molecule has 1 fully saturated rings. The van der Waals surface area contributed by atoms with Crippen LogP contribution in [-0.4, -0.2) is 29.2 Å². The number of likely N-dealkylation sites (tertiary alicyclic amines) is 1. The summed E-state index contributed by atoms with van der Waals surface area (Å²) in [6.07, 6.45) is 5.10. The molecule has 0 bridgehead atoms. The van der Waals surface area contributed by atoms with Gasteiger partial charge in [0.15, 0.2) is 0 Å². The Hall–Kier alpha value is -2.14. The van der Waals surface area contributed by atoms with Crippen molar-refractivity contribution in [2.75, 3.05) is 6.54 Å². The highest BCUT2D eigenvalue weighted by atomic mass is 35.5. The second-order valence-corrected chi connectivity index (χ2v) is 6.46. The zero-order valence-electron chi connectivity index (χ0n) is 13.1. The molecule has 0 unspecified atom stereocenters. The Kier molecular flexibility index (Phi) is 5.00. The van der Waals surface area contributed by atoms with E-state index in [0.717, 1.165) is 5.56 Å². The Labute approximate surface area is 145 Å². The van der Waals surface area contributed by atoms with E-state index in [-0.39, 0.29) is 43.2 Å². The van der Waals surface area contributed by atoms with Gasteiger partial charge in [0, 0.05) is 11.6 Å². The Morgan fingerprint density at radius 3 is 2.25 bits per heavy atom. The first-order valence-corrected chi connectivity index (χ1v) is 8.34. The number of halogens is 1. The van der Waals surface area contributed by atoms with E-state index in [9.17, 15) is 14.4 Å². The molecule has 2 aliphatic rings. The zero-order valence-corrected chi connectivity index (χ0v) is 13.9. The van der Waals surface area contributed by atoms with Crippen molar-refractivity contribution in [2.24, 2.45) is 11.8 Å². The quantitative estimate of drug-likeness (QED) is 0.467. The molecule has 24 heavy (non-hydrogen) atoms. The highest BCUT2D eigenvalue weighted by Gasteiger charge is 2.46. The van der Waals surface area contributed by atoms with E-state index in [1.54, 1.807) is 24.3 Å². The SMILES string of the molecule is O=C(CCN1C(=O)[C@H]2CC=CC[C@H]2C1=O)OCc1ccc(Cl)cc1. The molecule has 0 spiro atoms. The van der Waals surface area contributed by atoms with Crippen molar-refractivity contribution in [3.8, 4) is 0 Å². The summed E-state index contributed by atoms with van der Waals surface area (Å²) in [5, 5.41) is 0.618. The lowest BCUT2D eigenvalue weighted by Crippen LogP contribution is -2.33. The third kappa shape index (κ3) is 3.51. The molecule has 1 aromatic rings. The molecule has 0 saturated carbocycles. The van der Waals surface area contributed by atoms with Crippen molar-refractivity contribution >= 4 is 29.4 Å². The fraction of sp³-hybridized carbons (Fsp3) is 0.389. The minimum Gasteiger partial charge on any atom is -0.461 e. The minimum absolute atomic E-state index is 0.0118. The van der Waals surface area contributed by atoms with E-state index in [0.29, 0.717) is 17.9 Å². The molecule has 1 aliphatic heterocycles. The van der Waals surface area contributed by atoms with E-state index in [2.05, 4.69) is 0 Å². The topological polar surface area (TPSA) is 63.7 Å². The van der Waals surface area contributed by atoms with Crippen LogP contribution in [0.2, 0.25) is 5.02 Å². The lowest BCUT2D eigenvalue weighted by Gasteiger charge is -2.14. The summed E-state index contributed by atoms with van der Waals surface area (Å²) in [5.41, 5.74) is 0.832. The van der Waals surface area contributed by atoms with Gasteiger partial charge in [0.1, 0.15) is 6.61 Å². The number of allylic oxidation sites excluding steroid dienone is 2. The van der Waals surface area contributed by atoms with E-state index < -0.39 is 5.97 Å². The van der Waals surface area contributed by atoms with Gasteiger partial charge in [0.2, 0.25) is 11.8 Å². The number of imide groups is 1. The van der Waals surface area contributed by atoms with E-state index >= 15 is 0 Å². The normalized spacial score (nSPS) is 22.6. The van der Waals surface area contributed by atoms with Gasteiger partial charge >= 0.3 is 5.97 Å². The van der Waals surface area contributed by atoms with Crippen LogP contribution >= 0.6 is 11.6 Å². The first kappa shape index (κ1) is 16.7. The molecule has 2 amide bonds. The summed E-state index contributed by atoms with van der Waals surface area (Å²) in [6.45, 7) is 0.233. The molecule has 0 N–H and O–H groups in total. The summed E-state index contributed by atoms with van der Waals surface area (Å²) in [5.74, 6) is -1.28. The maximum Gasteiger partial charge on any atom is 0.307 e. The lowest BCUT2D eigenvalue weighted by atomic mass is 9.85. The number of fused-ring (bicyclic) bond motifs is 1. The number of benzene rings is 1. The second-order valence-electron chi connectivity index (χ2n) is 6.02. The average Bonchev–Trinajstić information content (AvgIpc) is 2.84. The molecular weight excluding hydrogens is 330 g/mol. The number of amides is 2. The smallest absolute Gasteiger partial charge is 0.307 e. The van der Waals surface area contributed by atoms with Crippen LogP contribution in [0.3, 0.4) is 0 Å². The van der Waals surface area contributed by atoms with Crippen LogP contribution in [-0.2, 0) is 25.7 Å². The standard InChI is InChI=1S/C18H18ClNO4/c19-13-7-5-12(6-8-13)11-24-16(21)9-10-20-17(22)14-3-1-2-4-15(14)18(20)23/h1-2,5-8,14-15H,3-4,9-11H2/t14-,15+. The van der Waals surface area contributed by atoms with Crippen molar-refractivity contribution in [3.05, 3.63) is 47.0 Å². The maximum atomic E-state index is 12.3. The highest BCUT2D eigenvalue weighted by Crippen LogP contribution is 2.35. The number of carbonyl (C=O) groups is 3. The van der Waals surface area contributed by atoms with Crippen molar-refractivity contribution < 1.29 is 19.1 Å². The number of esters is 1. The summed E-state index contributed by atoms with van der Waals surface area (Å²) >= 11 is 5.79. The highest BCUT2D eigenvalue weighted by molar-refractivity contribution is 6.30. The molecule has 0 aromatic heterocycles.